The Morgan fingerprint density at radius 3 is 2.41 bits per heavy atom. The number of urea groups is 1. The summed E-state index contributed by atoms with van der Waals surface area (Å²) in [6, 6.07) is 5.69. The molecule has 2 amide bonds. The van der Waals surface area contributed by atoms with Crippen LogP contribution in [0.25, 0.3) is 0 Å². The molecule has 0 saturated heterocycles. The van der Waals surface area contributed by atoms with Gasteiger partial charge in [0.05, 0.1) is 5.69 Å². The lowest BCUT2D eigenvalue weighted by Crippen LogP contribution is -2.43. The number of para-hydroxylation sites is 1. The first kappa shape index (κ1) is 13.5. The summed E-state index contributed by atoms with van der Waals surface area (Å²) in [4.78, 5) is 11.6. The summed E-state index contributed by atoms with van der Waals surface area (Å²) >= 11 is 0. The van der Waals surface area contributed by atoms with E-state index in [0.717, 1.165) is 0 Å². The second kappa shape index (κ2) is 5.17. The first-order valence-corrected chi connectivity index (χ1v) is 5.63. The summed E-state index contributed by atoms with van der Waals surface area (Å²) in [6.07, 6.45) is 0. The predicted molar refractivity (Wildman–Crippen MR) is 67.5 cm³/mol. The fourth-order valence-electron chi connectivity index (χ4n) is 1.13. The van der Waals surface area contributed by atoms with E-state index in [4.69, 9.17) is 0 Å². The lowest BCUT2D eigenvalue weighted by Gasteiger charge is -2.28. The van der Waals surface area contributed by atoms with Crippen LogP contribution in [0.1, 0.15) is 27.7 Å². The smallest absolute Gasteiger partial charge is 0.319 e. The van der Waals surface area contributed by atoms with Crippen molar-refractivity contribution in [3.05, 3.63) is 30.1 Å². The molecule has 1 aromatic rings. The lowest BCUT2D eigenvalue weighted by atomic mass is 9.88. The third-order valence-corrected chi connectivity index (χ3v) is 2.77. The van der Waals surface area contributed by atoms with Crippen LogP contribution in [0.3, 0.4) is 0 Å². The van der Waals surface area contributed by atoms with Gasteiger partial charge in [-0.15, -0.1) is 0 Å². The molecule has 94 valence electrons. The molecule has 1 atom stereocenters. The highest BCUT2D eigenvalue weighted by atomic mass is 19.1. The van der Waals surface area contributed by atoms with Crippen LogP contribution >= 0.6 is 0 Å². The fourth-order valence-corrected chi connectivity index (χ4v) is 1.13. The number of amides is 2. The zero-order chi connectivity index (χ0) is 13.1. The standard InChI is InChI=1S/C13H19FN2O/c1-9(13(2,3)4)15-12(17)16-11-8-6-5-7-10(11)14/h5-9H,1-4H3,(H2,15,16,17)/t9-/m0/s1. The number of hydrogen-bond acceptors (Lipinski definition) is 1. The summed E-state index contributed by atoms with van der Waals surface area (Å²) in [5.41, 5.74) is 0.151. The second-order valence-electron chi connectivity index (χ2n) is 5.17. The van der Waals surface area contributed by atoms with Gasteiger partial charge < -0.3 is 10.6 Å². The monoisotopic (exact) mass is 238 g/mol. The zero-order valence-corrected chi connectivity index (χ0v) is 10.7. The van der Waals surface area contributed by atoms with Crippen molar-refractivity contribution >= 4 is 11.7 Å². The molecule has 4 heteroatoms. The molecule has 0 unspecified atom stereocenters. The Morgan fingerprint density at radius 2 is 1.88 bits per heavy atom. The summed E-state index contributed by atoms with van der Waals surface area (Å²) in [6.45, 7) is 8.00. The molecule has 2 N–H and O–H groups in total. The minimum absolute atomic E-state index is 0.00530. The molecule has 0 bridgehead atoms. The number of rotatable bonds is 2. The van der Waals surface area contributed by atoms with E-state index in [1.165, 1.54) is 12.1 Å². The lowest BCUT2D eigenvalue weighted by molar-refractivity contribution is 0.233. The average molecular weight is 238 g/mol. The Balaban J connectivity index is 2.60. The van der Waals surface area contributed by atoms with Crippen molar-refractivity contribution in [2.45, 2.75) is 33.7 Å². The van der Waals surface area contributed by atoms with Gasteiger partial charge in [0.2, 0.25) is 0 Å². The van der Waals surface area contributed by atoms with E-state index in [2.05, 4.69) is 10.6 Å². The van der Waals surface area contributed by atoms with Crippen molar-refractivity contribution in [2.24, 2.45) is 5.41 Å². The van der Waals surface area contributed by atoms with E-state index in [9.17, 15) is 9.18 Å². The molecule has 0 radical (unpaired) electrons. The summed E-state index contributed by atoms with van der Waals surface area (Å²) in [7, 11) is 0. The quantitative estimate of drug-likeness (QED) is 0.814. The van der Waals surface area contributed by atoms with Crippen LogP contribution < -0.4 is 10.6 Å². The van der Waals surface area contributed by atoms with Gasteiger partial charge in [0, 0.05) is 6.04 Å². The average Bonchev–Trinajstić information content (AvgIpc) is 2.20. The van der Waals surface area contributed by atoms with Gasteiger partial charge in [-0.2, -0.15) is 0 Å². The number of anilines is 1. The van der Waals surface area contributed by atoms with E-state index >= 15 is 0 Å². The van der Waals surface area contributed by atoms with Crippen molar-refractivity contribution < 1.29 is 9.18 Å². The molecule has 0 aliphatic rings. The Labute approximate surface area is 101 Å². The summed E-state index contributed by atoms with van der Waals surface area (Å²) in [5, 5.41) is 5.27. The normalized spacial score (nSPS) is 13.0. The molecule has 0 spiro atoms. The minimum Gasteiger partial charge on any atom is -0.335 e. The summed E-state index contributed by atoms with van der Waals surface area (Å²) < 4.78 is 13.3. The second-order valence-corrected chi connectivity index (χ2v) is 5.17. The van der Waals surface area contributed by atoms with Crippen molar-refractivity contribution in [2.75, 3.05) is 5.32 Å². The molecule has 0 aliphatic heterocycles. The molecule has 0 heterocycles. The van der Waals surface area contributed by atoms with Crippen LogP contribution in [0.5, 0.6) is 0 Å². The molecular weight excluding hydrogens is 219 g/mol. The first-order valence-electron chi connectivity index (χ1n) is 5.63. The van der Waals surface area contributed by atoms with Gasteiger partial charge >= 0.3 is 6.03 Å². The van der Waals surface area contributed by atoms with Gasteiger partial charge in [0.25, 0.3) is 0 Å². The van der Waals surface area contributed by atoms with Crippen molar-refractivity contribution in [1.29, 1.82) is 0 Å². The molecule has 1 rings (SSSR count). The Bertz CT molecular complexity index is 399. The Hall–Kier alpha value is -1.58. The zero-order valence-electron chi connectivity index (χ0n) is 10.7. The topological polar surface area (TPSA) is 41.1 Å². The highest BCUT2D eigenvalue weighted by Gasteiger charge is 2.21. The SMILES string of the molecule is C[C@H](NC(=O)Nc1ccccc1F)C(C)(C)C. The molecular formula is C13H19FN2O. The van der Waals surface area contributed by atoms with Gasteiger partial charge in [-0.25, -0.2) is 9.18 Å². The van der Waals surface area contributed by atoms with Crippen molar-refractivity contribution in [3.8, 4) is 0 Å². The third-order valence-electron chi connectivity index (χ3n) is 2.77. The van der Waals surface area contributed by atoms with Crippen LogP contribution in [-0.2, 0) is 0 Å². The Kier molecular flexibility index (Phi) is 4.10. The number of carbonyl (C=O) groups is 1. The first-order chi connectivity index (χ1) is 7.80. The maximum atomic E-state index is 13.3. The van der Waals surface area contributed by atoms with E-state index in [1.54, 1.807) is 12.1 Å². The Morgan fingerprint density at radius 1 is 1.29 bits per heavy atom. The van der Waals surface area contributed by atoms with Crippen molar-refractivity contribution in [3.63, 3.8) is 0 Å². The van der Waals surface area contributed by atoms with E-state index in [-0.39, 0.29) is 17.1 Å². The van der Waals surface area contributed by atoms with Crippen LogP contribution in [0.4, 0.5) is 14.9 Å². The maximum Gasteiger partial charge on any atom is 0.319 e. The summed E-state index contributed by atoms with van der Waals surface area (Å²) in [5.74, 6) is -0.439. The highest BCUT2D eigenvalue weighted by Crippen LogP contribution is 2.19. The third kappa shape index (κ3) is 4.06. The number of halogens is 1. The van der Waals surface area contributed by atoms with Gasteiger partial charge in [0.15, 0.2) is 0 Å². The molecule has 0 aromatic heterocycles. The van der Waals surface area contributed by atoms with Gasteiger partial charge in [-0.3, -0.25) is 0 Å². The van der Waals surface area contributed by atoms with Gasteiger partial charge in [0.1, 0.15) is 5.82 Å². The van der Waals surface area contributed by atoms with Crippen LogP contribution in [-0.4, -0.2) is 12.1 Å². The number of benzene rings is 1. The minimum atomic E-state index is -0.439. The van der Waals surface area contributed by atoms with E-state index in [1.807, 2.05) is 27.7 Å². The van der Waals surface area contributed by atoms with Gasteiger partial charge in [-0.05, 0) is 24.5 Å². The molecule has 0 saturated carbocycles. The molecule has 17 heavy (non-hydrogen) atoms. The number of hydrogen-bond donors (Lipinski definition) is 2. The maximum absolute atomic E-state index is 13.3. The molecule has 0 fully saturated rings. The molecule has 0 aliphatic carbocycles. The van der Waals surface area contributed by atoms with E-state index < -0.39 is 11.8 Å². The van der Waals surface area contributed by atoms with Crippen LogP contribution in [0.2, 0.25) is 0 Å². The van der Waals surface area contributed by atoms with Crippen LogP contribution in [0.15, 0.2) is 24.3 Å². The largest absolute Gasteiger partial charge is 0.335 e. The van der Waals surface area contributed by atoms with Gasteiger partial charge in [-0.1, -0.05) is 32.9 Å². The predicted octanol–water partition coefficient (Wildman–Crippen LogP) is 3.38. The highest BCUT2D eigenvalue weighted by molar-refractivity contribution is 5.89. The fraction of sp³-hybridized carbons (Fsp3) is 0.462. The van der Waals surface area contributed by atoms with E-state index in [0.29, 0.717) is 0 Å². The molecule has 1 aromatic carbocycles. The van der Waals surface area contributed by atoms with Crippen LogP contribution in [0, 0.1) is 11.2 Å². The van der Waals surface area contributed by atoms with Crippen molar-refractivity contribution in [1.82, 2.24) is 5.32 Å². The number of nitrogens with one attached hydrogen (secondary N) is 2. The number of carbonyl (C=O) groups excluding carboxylic acids is 1. The molecule has 3 nitrogen and oxygen atoms in total.